The highest BCUT2D eigenvalue weighted by Gasteiger charge is 2.14. The average Bonchev–Trinajstić information content (AvgIpc) is 2.48. The maximum Gasteiger partial charge on any atom is 0.168 e. The summed E-state index contributed by atoms with van der Waals surface area (Å²) < 4.78 is 24.5. The number of para-hydroxylation sites is 1. The molecule has 0 saturated heterocycles. The second-order valence-corrected chi connectivity index (χ2v) is 4.82. The Balaban J connectivity index is 2.18. The average molecular weight is 290 g/mol. The minimum Gasteiger partial charge on any atom is -0.454 e. The van der Waals surface area contributed by atoms with E-state index in [4.69, 9.17) is 9.47 Å². The molecule has 2 aromatic carbocycles. The minimum atomic E-state index is -0.795. The Hall–Kier alpha value is -1.91. The van der Waals surface area contributed by atoms with Crippen molar-refractivity contribution in [3.05, 3.63) is 59.4 Å². The van der Waals surface area contributed by atoms with E-state index >= 15 is 0 Å². The fraction of sp³-hybridized carbons (Fsp3) is 0.294. The van der Waals surface area contributed by atoms with Crippen molar-refractivity contribution in [1.82, 2.24) is 0 Å². The van der Waals surface area contributed by atoms with Crippen LogP contribution in [-0.2, 0) is 11.2 Å². The van der Waals surface area contributed by atoms with Crippen LogP contribution in [0.4, 0.5) is 4.39 Å². The zero-order valence-corrected chi connectivity index (χ0v) is 12.2. The van der Waals surface area contributed by atoms with Crippen LogP contribution in [0.1, 0.15) is 24.2 Å². The van der Waals surface area contributed by atoms with Gasteiger partial charge in [-0.05, 0) is 37.1 Å². The van der Waals surface area contributed by atoms with Crippen molar-refractivity contribution in [3.8, 4) is 11.5 Å². The first-order valence-electron chi connectivity index (χ1n) is 6.84. The summed E-state index contributed by atoms with van der Waals surface area (Å²) in [6.45, 7) is 2.23. The van der Waals surface area contributed by atoms with E-state index in [1.165, 1.54) is 6.07 Å². The summed E-state index contributed by atoms with van der Waals surface area (Å²) in [7, 11) is 1.66. The third kappa shape index (κ3) is 4.03. The van der Waals surface area contributed by atoms with Gasteiger partial charge >= 0.3 is 0 Å². The minimum absolute atomic E-state index is 0.0668. The molecule has 2 rings (SSSR count). The lowest BCUT2D eigenvalue weighted by atomic mass is 10.1. The lowest BCUT2D eigenvalue weighted by Crippen LogP contribution is -1.99. The summed E-state index contributed by atoms with van der Waals surface area (Å²) in [6.07, 6.45) is 0.0201. The molecule has 0 heterocycles. The molecule has 2 aromatic rings. The van der Waals surface area contributed by atoms with Crippen LogP contribution in [0.5, 0.6) is 11.5 Å². The molecule has 0 aliphatic rings. The van der Waals surface area contributed by atoms with Gasteiger partial charge in [-0.2, -0.15) is 0 Å². The molecule has 21 heavy (non-hydrogen) atoms. The van der Waals surface area contributed by atoms with Crippen molar-refractivity contribution < 1.29 is 19.0 Å². The van der Waals surface area contributed by atoms with Crippen molar-refractivity contribution in [2.45, 2.75) is 19.4 Å². The highest BCUT2D eigenvalue weighted by Crippen LogP contribution is 2.32. The lowest BCUT2D eigenvalue weighted by Gasteiger charge is -2.14. The molecule has 0 fully saturated rings. The molecule has 1 unspecified atom stereocenters. The number of aliphatic hydroxyl groups excluding tert-OH is 1. The zero-order chi connectivity index (χ0) is 15.2. The van der Waals surface area contributed by atoms with Crippen molar-refractivity contribution in [3.63, 3.8) is 0 Å². The van der Waals surface area contributed by atoms with E-state index in [-0.39, 0.29) is 5.75 Å². The second kappa shape index (κ2) is 7.20. The van der Waals surface area contributed by atoms with E-state index in [0.717, 1.165) is 12.0 Å². The van der Waals surface area contributed by atoms with E-state index < -0.39 is 11.9 Å². The van der Waals surface area contributed by atoms with Crippen LogP contribution in [0.3, 0.4) is 0 Å². The molecule has 1 N–H and O–H groups in total. The van der Waals surface area contributed by atoms with Crippen LogP contribution in [0.15, 0.2) is 42.5 Å². The van der Waals surface area contributed by atoms with Crippen molar-refractivity contribution in [2.75, 3.05) is 13.7 Å². The van der Waals surface area contributed by atoms with Gasteiger partial charge < -0.3 is 14.6 Å². The number of halogens is 1. The Labute approximate surface area is 124 Å². The normalized spacial score (nSPS) is 12.2. The zero-order valence-electron chi connectivity index (χ0n) is 12.2. The first-order chi connectivity index (χ1) is 10.1. The number of methoxy groups -OCH3 is 1. The molecule has 0 aliphatic carbocycles. The molecule has 1 atom stereocenters. The molecule has 0 bridgehead atoms. The first-order valence-corrected chi connectivity index (χ1v) is 6.84. The van der Waals surface area contributed by atoms with Gasteiger partial charge in [0.1, 0.15) is 5.75 Å². The maximum absolute atomic E-state index is 13.9. The smallest absolute Gasteiger partial charge is 0.168 e. The van der Waals surface area contributed by atoms with Crippen LogP contribution < -0.4 is 4.74 Å². The summed E-state index contributed by atoms with van der Waals surface area (Å²) in [5, 5.41) is 9.69. The van der Waals surface area contributed by atoms with Crippen molar-refractivity contribution in [1.29, 1.82) is 0 Å². The van der Waals surface area contributed by atoms with Gasteiger partial charge in [-0.1, -0.05) is 24.3 Å². The van der Waals surface area contributed by atoms with Crippen LogP contribution in [0.2, 0.25) is 0 Å². The van der Waals surface area contributed by atoms with E-state index in [2.05, 4.69) is 0 Å². The molecule has 0 aromatic heterocycles. The molecule has 0 aliphatic heterocycles. The summed E-state index contributed by atoms with van der Waals surface area (Å²) in [6, 6.07) is 11.9. The SMILES string of the molecule is COCCc1ccc(Oc2c(F)cccc2C(C)O)cc1. The van der Waals surface area contributed by atoms with Gasteiger partial charge in [-0.3, -0.25) is 0 Å². The highest BCUT2D eigenvalue weighted by molar-refractivity contribution is 5.40. The predicted molar refractivity (Wildman–Crippen MR) is 79.1 cm³/mol. The molecule has 0 radical (unpaired) electrons. The molecule has 0 spiro atoms. The molecular formula is C17H19FO3. The number of rotatable bonds is 6. The highest BCUT2D eigenvalue weighted by atomic mass is 19.1. The van der Waals surface area contributed by atoms with E-state index in [1.54, 1.807) is 38.3 Å². The molecule has 0 amide bonds. The Bertz CT molecular complexity index is 579. The van der Waals surface area contributed by atoms with E-state index in [0.29, 0.717) is 17.9 Å². The summed E-state index contributed by atoms with van der Waals surface area (Å²) >= 11 is 0. The van der Waals surface area contributed by atoms with Gasteiger partial charge in [0.05, 0.1) is 12.7 Å². The number of hydrogen-bond acceptors (Lipinski definition) is 3. The van der Waals surface area contributed by atoms with Crippen LogP contribution in [0, 0.1) is 5.82 Å². The molecule has 0 saturated carbocycles. The largest absolute Gasteiger partial charge is 0.454 e. The Morgan fingerprint density at radius 2 is 1.86 bits per heavy atom. The van der Waals surface area contributed by atoms with Crippen molar-refractivity contribution >= 4 is 0 Å². The third-order valence-electron chi connectivity index (χ3n) is 3.19. The number of benzene rings is 2. The first kappa shape index (κ1) is 15.5. The lowest BCUT2D eigenvalue weighted by molar-refractivity contribution is 0.194. The Morgan fingerprint density at radius 1 is 1.14 bits per heavy atom. The van der Waals surface area contributed by atoms with Gasteiger partial charge in [0.2, 0.25) is 0 Å². The van der Waals surface area contributed by atoms with Gasteiger partial charge in [-0.15, -0.1) is 0 Å². The number of aliphatic hydroxyl groups is 1. The fourth-order valence-electron chi connectivity index (χ4n) is 2.02. The second-order valence-electron chi connectivity index (χ2n) is 4.82. The van der Waals surface area contributed by atoms with E-state index in [9.17, 15) is 9.50 Å². The van der Waals surface area contributed by atoms with Gasteiger partial charge in [-0.25, -0.2) is 4.39 Å². The standard InChI is InChI=1S/C17H19FO3/c1-12(19)15-4-3-5-16(18)17(15)21-14-8-6-13(7-9-14)10-11-20-2/h3-9,12,19H,10-11H2,1-2H3. The number of hydrogen-bond donors (Lipinski definition) is 1. The maximum atomic E-state index is 13.9. The van der Waals surface area contributed by atoms with Gasteiger partial charge in [0, 0.05) is 12.7 Å². The number of ether oxygens (including phenoxy) is 2. The molecular weight excluding hydrogens is 271 g/mol. The van der Waals surface area contributed by atoms with Gasteiger partial charge in [0.25, 0.3) is 0 Å². The Morgan fingerprint density at radius 3 is 2.48 bits per heavy atom. The molecule has 4 heteroatoms. The van der Waals surface area contributed by atoms with Crippen molar-refractivity contribution in [2.24, 2.45) is 0 Å². The van der Waals surface area contributed by atoms with Crippen LogP contribution in [0.25, 0.3) is 0 Å². The van der Waals surface area contributed by atoms with Crippen LogP contribution >= 0.6 is 0 Å². The van der Waals surface area contributed by atoms with Gasteiger partial charge in [0.15, 0.2) is 11.6 Å². The Kier molecular flexibility index (Phi) is 5.31. The summed E-state index contributed by atoms with van der Waals surface area (Å²) in [4.78, 5) is 0. The van der Waals surface area contributed by atoms with E-state index in [1.807, 2.05) is 12.1 Å². The van der Waals surface area contributed by atoms with Crippen LogP contribution in [-0.4, -0.2) is 18.8 Å². The molecule has 112 valence electrons. The third-order valence-corrected chi connectivity index (χ3v) is 3.19. The topological polar surface area (TPSA) is 38.7 Å². The fourth-order valence-corrected chi connectivity index (χ4v) is 2.02. The quantitative estimate of drug-likeness (QED) is 0.878. The predicted octanol–water partition coefficient (Wildman–Crippen LogP) is 3.86. The molecule has 3 nitrogen and oxygen atoms in total. The summed E-state index contributed by atoms with van der Waals surface area (Å²) in [5.74, 6) is 0.108. The summed E-state index contributed by atoms with van der Waals surface area (Å²) in [5.41, 5.74) is 1.55. The monoisotopic (exact) mass is 290 g/mol.